The van der Waals surface area contributed by atoms with Crippen molar-refractivity contribution in [3.8, 4) is 0 Å². The molecule has 7 nitrogen and oxygen atoms in total. The van der Waals surface area contributed by atoms with Gasteiger partial charge in [0.05, 0.1) is 22.9 Å². The van der Waals surface area contributed by atoms with E-state index in [0.717, 1.165) is 10.7 Å². The van der Waals surface area contributed by atoms with Crippen molar-refractivity contribution in [1.82, 2.24) is 4.41 Å². The van der Waals surface area contributed by atoms with Crippen molar-refractivity contribution in [3.05, 3.63) is 95.8 Å². The summed E-state index contributed by atoms with van der Waals surface area (Å²) in [5.74, 6) is -0.426. The van der Waals surface area contributed by atoms with Crippen molar-refractivity contribution in [1.29, 1.82) is 0 Å². The average Bonchev–Trinajstić information content (AvgIpc) is 3.20. The second-order valence-electron chi connectivity index (χ2n) is 7.36. The van der Waals surface area contributed by atoms with Crippen LogP contribution in [-0.2, 0) is 20.0 Å². The normalized spacial score (nSPS) is 16.6. The lowest BCUT2D eigenvalue weighted by Crippen LogP contribution is -2.27. The van der Waals surface area contributed by atoms with E-state index in [4.69, 9.17) is 0 Å². The molecule has 0 radical (unpaired) electrons. The summed E-state index contributed by atoms with van der Waals surface area (Å²) in [5, 5.41) is 4.42. The molecule has 0 aromatic heterocycles. The summed E-state index contributed by atoms with van der Waals surface area (Å²) < 4.78 is 66.8. The molecule has 1 atom stereocenters. The summed E-state index contributed by atoms with van der Waals surface area (Å²) in [7, 11) is -7.46. The molecule has 1 N–H and O–H groups in total. The summed E-state index contributed by atoms with van der Waals surface area (Å²) in [6.45, 7) is 0. The topological polar surface area (TPSA) is 95.9 Å². The lowest BCUT2D eigenvalue weighted by Gasteiger charge is -2.23. The first-order valence-corrected chi connectivity index (χ1v) is 13.0. The number of hydrazone groups is 1. The standard InChI is InChI=1S/C22H20FN3O4S2/c1-31(27,28)25-19-7-5-6-17(14-19)21-15-22(16-10-12-18(23)13-11-16)26(24-21)32(29,30)20-8-3-2-4-9-20/h2-14,22,25H,15H2,1H3/t22-/m1/s1. The highest BCUT2D eigenvalue weighted by Gasteiger charge is 2.37. The summed E-state index contributed by atoms with van der Waals surface area (Å²) in [4.78, 5) is 0.0876. The van der Waals surface area contributed by atoms with Crippen LogP contribution < -0.4 is 4.72 Å². The number of halogens is 1. The molecular formula is C22H20FN3O4S2. The van der Waals surface area contributed by atoms with Crippen LogP contribution in [0.25, 0.3) is 0 Å². The fraction of sp³-hybridized carbons (Fsp3) is 0.136. The SMILES string of the molecule is CS(=O)(=O)Nc1cccc(C2=NN(S(=O)(=O)c3ccccc3)[C@@H](c3ccc(F)cc3)C2)c1. The molecule has 0 saturated carbocycles. The van der Waals surface area contributed by atoms with Crippen LogP contribution in [0.3, 0.4) is 0 Å². The van der Waals surface area contributed by atoms with E-state index >= 15 is 0 Å². The quantitative estimate of drug-likeness (QED) is 0.590. The first-order chi connectivity index (χ1) is 15.1. The van der Waals surface area contributed by atoms with Crippen LogP contribution in [0.5, 0.6) is 0 Å². The van der Waals surface area contributed by atoms with Crippen molar-refractivity contribution in [3.63, 3.8) is 0 Å². The fourth-order valence-corrected chi connectivity index (χ4v) is 5.50. The highest BCUT2D eigenvalue weighted by Crippen LogP contribution is 2.37. The Morgan fingerprint density at radius 3 is 2.28 bits per heavy atom. The summed E-state index contributed by atoms with van der Waals surface area (Å²) in [6.07, 6.45) is 1.28. The van der Waals surface area contributed by atoms with Crippen LogP contribution in [0.15, 0.2) is 88.9 Å². The van der Waals surface area contributed by atoms with Crippen LogP contribution in [0.2, 0.25) is 0 Å². The van der Waals surface area contributed by atoms with Crippen molar-refractivity contribution < 1.29 is 21.2 Å². The van der Waals surface area contributed by atoms with Crippen molar-refractivity contribution >= 4 is 31.4 Å². The zero-order chi connectivity index (χ0) is 22.9. The van der Waals surface area contributed by atoms with Crippen LogP contribution >= 0.6 is 0 Å². The zero-order valence-electron chi connectivity index (χ0n) is 17.0. The summed E-state index contributed by atoms with van der Waals surface area (Å²) in [5.41, 5.74) is 1.98. The zero-order valence-corrected chi connectivity index (χ0v) is 18.6. The Morgan fingerprint density at radius 1 is 0.938 bits per heavy atom. The lowest BCUT2D eigenvalue weighted by atomic mass is 9.99. The molecule has 0 bridgehead atoms. The molecule has 1 heterocycles. The molecule has 4 rings (SSSR count). The predicted molar refractivity (Wildman–Crippen MR) is 121 cm³/mol. The predicted octanol–water partition coefficient (Wildman–Crippen LogP) is 3.74. The molecule has 1 aliphatic heterocycles. The minimum absolute atomic E-state index is 0.0876. The van der Waals surface area contributed by atoms with Crippen LogP contribution in [0, 0.1) is 5.82 Å². The highest BCUT2D eigenvalue weighted by atomic mass is 32.2. The largest absolute Gasteiger partial charge is 0.284 e. The Hall–Kier alpha value is -3.24. The lowest BCUT2D eigenvalue weighted by molar-refractivity contribution is 0.371. The van der Waals surface area contributed by atoms with Gasteiger partial charge in [0.2, 0.25) is 10.0 Å². The van der Waals surface area contributed by atoms with Gasteiger partial charge >= 0.3 is 0 Å². The smallest absolute Gasteiger partial charge is 0.279 e. The van der Waals surface area contributed by atoms with Gasteiger partial charge < -0.3 is 0 Å². The van der Waals surface area contributed by atoms with Gasteiger partial charge in [0.1, 0.15) is 5.82 Å². The molecule has 0 fully saturated rings. The third-order valence-corrected chi connectivity index (χ3v) is 7.22. The van der Waals surface area contributed by atoms with Gasteiger partial charge in [-0.15, -0.1) is 0 Å². The van der Waals surface area contributed by atoms with Crippen LogP contribution in [-0.4, -0.2) is 33.2 Å². The number of benzene rings is 3. The Bertz CT molecular complexity index is 1370. The van der Waals surface area contributed by atoms with Gasteiger partial charge in [-0.25, -0.2) is 12.8 Å². The maximum Gasteiger partial charge on any atom is 0.279 e. The van der Waals surface area contributed by atoms with Gasteiger partial charge in [-0.3, -0.25) is 4.72 Å². The van der Waals surface area contributed by atoms with Gasteiger partial charge in [-0.1, -0.05) is 42.5 Å². The number of rotatable bonds is 6. The number of nitrogens with one attached hydrogen (secondary N) is 1. The van der Waals surface area contributed by atoms with Gasteiger partial charge in [0.15, 0.2) is 0 Å². The molecule has 0 spiro atoms. The molecule has 166 valence electrons. The number of hydrogen-bond acceptors (Lipinski definition) is 5. The monoisotopic (exact) mass is 473 g/mol. The maximum atomic E-state index is 13.5. The summed E-state index contributed by atoms with van der Waals surface area (Å²) in [6, 6.07) is 19.5. The van der Waals surface area contributed by atoms with E-state index in [2.05, 4.69) is 9.82 Å². The van der Waals surface area contributed by atoms with Crippen molar-refractivity contribution in [2.45, 2.75) is 17.4 Å². The third kappa shape index (κ3) is 4.66. The van der Waals surface area contributed by atoms with E-state index < -0.39 is 31.9 Å². The first-order valence-electron chi connectivity index (χ1n) is 9.64. The molecule has 32 heavy (non-hydrogen) atoms. The molecule has 0 aliphatic carbocycles. The van der Waals surface area contributed by atoms with Gasteiger partial charge in [0.25, 0.3) is 10.0 Å². The molecular weight excluding hydrogens is 453 g/mol. The second-order valence-corrected chi connectivity index (χ2v) is 10.9. The number of nitrogens with zero attached hydrogens (tertiary/aromatic N) is 2. The van der Waals surface area contributed by atoms with Crippen LogP contribution in [0.4, 0.5) is 10.1 Å². The molecule has 3 aromatic rings. The average molecular weight is 474 g/mol. The Labute approximate surface area is 186 Å². The van der Waals surface area contributed by atoms with E-state index in [1.165, 1.54) is 36.4 Å². The number of sulfonamides is 2. The Balaban J connectivity index is 1.77. The molecule has 0 amide bonds. The Kier molecular flexibility index (Phi) is 5.74. The second kappa shape index (κ2) is 8.36. The summed E-state index contributed by atoms with van der Waals surface area (Å²) >= 11 is 0. The van der Waals surface area contributed by atoms with E-state index in [1.807, 2.05) is 0 Å². The molecule has 0 saturated heterocycles. The molecule has 3 aromatic carbocycles. The number of anilines is 1. The minimum Gasteiger partial charge on any atom is -0.284 e. The third-order valence-electron chi connectivity index (χ3n) is 4.91. The minimum atomic E-state index is -3.99. The van der Waals surface area contributed by atoms with Crippen molar-refractivity contribution in [2.24, 2.45) is 5.10 Å². The molecule has 0 unspecified atom stereocenters. The Morgan fingerprint density at radius 2 is 1.62 bits per heavy atom. The van der Waals surface area contributed by atoms with Crippen LogP contribution in [0.1, 0.15) is 23.6 Å². The molecule has 1 aliphatic rings. The van der Waals surface area contributed by atoms with Gasteiger partial charge in [-0.2, -0.15) is 17.9 Å². The molecule has 10 heteroatoms. The fourth-order valence-electron chi connectivity index (χ4n) is 3.49. The van der Waals surface area contributed by atoms with E-state index in [0.29, 0.717) is 22.5 Å². The number of hydrogen-bond donors (Lipinski definition) is 1. The van der Waals surface area contributed by atoms with E-state index in [1.54, 1.807) is 42.5 Å². The van der Waals surface area contributed by atoms with Crippen molar-refractivity contribution in [2.75, 3.05) is 11.0 Å². The van der Waals surface area contributed by atoms with Gasteiger partial charge in [0, 0.05) is 12.1 Å². The van der Waals surface area contributed by atoms with Gasteiger partial charge in [-0.05, 0) is 47.5 Å². The first kappa shape index (κ1) is 22.0. The highest BCUT2D eigenvalue weighted by molar-refractivity contribution is 7.92. The van der Waals surface area contributed by atoms with E-state index in [-0.39, 0.29) is 11.3 Å². The van der Waals surface area contributed by atoms with E-state index in [9.17, 15) is 21.2 Å². The maximum absolute atomic E-state index is 13.5.